The van der Waals surface area contributed by atoms with Crippen molar-refractivity contribution in [3.8, 4) is 0 Å². The average molecular weight is 279 g/mol. The number of amides is 1. The van der Waals surface area contributed by atoms with E-state index in [1.807, 2.05) is 24.3 Å². The predicted molar refractivity (Wildman–Crippen MR) is 84.6 cm³/mol. The normalized spacial score (nSPS) is 11.0. The number of H-pyrrole nitrogens is 1. The lowest BCUT2D eigenvalue weighted by Crippen LogP contribution is -2.12. The maximum absolute atomic E-state index is 12.2. The van der Waals surface area contributed by atoms with Crippen LogP contribution in [0.1, 0.15) is 35.8 Å². The summed E-state index contributed by atoms with van der Waals surface area (Å²) in [6.07, 6.45) is 1.65. The number of aromatic amines is 1. The van der Waals surface area contributed by atoms with E-state index in [1.165, 1.54) is 5.56 Å². The summed E-state index contributed by atoms with van der Waals surface area (Å²) < 4.78 is 0. The Kier molecular flexibility index (Phi) is 3.44. The average Bonchev–Trinajstić information content (AvgIpc) is 2.91. The molecule has 0 aliphatic rings. The van der Waals surface area contributed by atoms with Gasteiger partial charge in [-0.15, -0.1) is 0 Å². The van der Waals surface area contributed by atoms with Gasteiger partial charge in [-0.2, -0.15) is 0 Å². The third-order valence-electron chi connectivity index (χ3n) is 3.46. The fourth-order valence-corrected chi connectivity index (χ4v) is 2.25. The molecule has 106 valence electrons. The van der Waals surface area contributed by atoms with Crippen molar-refractivity contribution < 1.29 is 4.79 Å². The summed E-state index contributed by atoms with van der Waals surface area (Å²) in [5.74, 6) is 0.823. The summed E-state index contributed by atoms with van der Waals surface area (Å²) in [7, 11) is 0. The van der Waals surface area contributed by atoms with E-state index < -0.39 is 0 Å². The molecule has 0 spiro atoms. The summed E-state index contributed by atoms with van der Waals surface area (Å²) >= 11 is 0. The van der Waals surface area contributed by atoms with Crippen molar-refractivity contribution in [2.45, 2.75) is 19.8 Å². The standard InChI is InChI=1S/C17H17N3O/c1-11(2)12-6-7-13-10-15(19-14(13)9-12)17(21)20-16-5-3-4-8-18-16/h3-11,19H,1-2H3,(H,18,20,21). The highest BCUT2D eigenvalue weighted by molar-refractivity contribution is 6.05. The highest BCUT2D eigenvalue weighted by atomic mass is 16.1. The number of benzene rings is 1. The molecule has 3 rings (SSSR count). The van der Waals surface area contributed by atoms with Gasteiger partial charge in [0.2, 0.25) is 0 Å². The fraction of sp³-hybridized carbons (Fsp3) is 0.176. The van der Waals surface area contributed by atoms with E-state index in [0.29, 0.717) is 17.4 Å². The van der Waals surface area contributed by atoms with Crippen LogP contribution in [0.5, 0.6) is 0 Å². The third kappa shape index (κ3) is 2.79. The van der Waals surface area contributed by atoms with E-state index in [2.05, 4.69) is 41.3 Å². The molecule has 4 heteroatoms. The van der Waals surface area contributed by atoms with Crippen molar-refractivity contribution in [2.75, 3.05) is 5.32 Å². The van der Waals surface area contributed by atoms with Crippen LogP contribution in [0.2, 0.25) is 0 Å². The molecule has 0 saturated carbocycles. The first-order valence-corrected chi connectivity index (χ1v) is 6.98. The Bertz CT molecular complexity index is 775. The maximum atomic E-state index is 12.2. The van der Waals surface area contributed by atoms with Crippen LogP contribution >= 0.6 is 0 Å². The van der Waals surface area contributed by atoms with Gasteiger partial charge in [0.1, 0.15) is 11.5 Å². The van der Waals surface area contributed by atoms with Crippen molar-refractivity contribution in [1.82, 2.24) is 9.97 Å². The second-order valence-corrected chi connectivity index (χ2v) is 5.35. The molecule has 2 N–H and O–H groups in total. The van der Waals surface area contributed by atoms with Crippen LogP contribution in [0.25, 0.3) is 10.9 Å². The molecule has 0 bridgehead atoms. The van der Waals surface area contributed by atoms with Gasteiger partial charge in [-0.25, -0.2) is 4.98 Å². The van der Waals surface area contributed by atoms with Gasteiger partial charge in [0, 0.05) is 17.1 Å². The second-order valence-electron chi connectivity index (χ2n) is 5.35. The van der Waals surface area contributed by atoms with Crippen LogP contribution in [-0.4, -0.2) is 15.9 Å². The molecule has 0 aliphatic heterocycles. The van der Waals surface area contributed by atoms with Crippen LogP contribution < -0.4 is 5.32 Å². The summed E-state index contributed by atoms with van der Waals surface area (Å²) in [6, 6.07) is 13.5. The molecule has 0 radical (unpaired) electrons. The quantitative estimate of drug-likeness (QED) is 0.763. The number of pyridine rings is 1. The van der Waals surface area contributed by atoms with Gasteiger partial charge in [-0.1, -0.05) is 32.0 Å². The Balaban J connectivity index is 1.88. The highest BCUT2D eigenvalue weighted by Gasteiger charge is 2.11. The van der Waals surface area contributed by atoms with Crippen molar-refractivity contribution in [3.63, 3.8) is 0 Å². The smallest absolute Gasteiger partial charge is 0.273 e. The van der Waals surface area contributed by atoms with Crippen LogP contribution in [0.4, 0.5) is 5.82 Å². The Labute approximate surface area is 123 Å². The van der Waals surface area contributed by atoms with Crippen LogP contribution in [0, 0.1) is 0 Å². The largest absolute Gasteiger partial charge is 0.351 e. The zero-order chi connectivity index (χ0) is 14.8. The molecular weight excluding hydrogens is 262 g/mol. The third-order valence-corrected chi connectivity index (χ3v) is 3.46. The molecule has 1 aromatic carbocycles. The van der Waals surface area contributed by atoms with Crippen molar-refractivity contribution in [1.29, 1.82) is 0 Å². The molecule has 2 aromatic heterocycles. The van der Waals surface area contributed by atoms with Gasteiger partial charge in [-0.05, 0) is 35.7 Å². The molecule has 2 heterocycles. The Morgan fingerprint density at radius 1 is 1.19 bits per heavy atom. The molecule has 21 heavy (non-hydrogen) atoms. The first-order valence-electron chi connectivity index (χ1n) is 6.98. The van der Waals surface area contributed by atoms with E-state index >= 15 is 0 Å². The topological polar surface area (TPSA) is 57.8 Å². The number of aromatic nitrogens is 2. The summed E-state index contributed by atoms with van der Waals surface area (Å²) in [5.41, 5.74) is 2.77. The fourth-order valence-electron chi connectivity index (χ4n) is 2.25. The van der Waals surface area contributed by atoms with Gasteiger partial charge in [0.15, 0.2) is 0 Å². The Morgan fingerprint density at radius 3 is 2.76 bits per heavy atom. The number of carbonyl (C=O) groups excluding carboxylic acids is 1. The summed E-state index contributed by atoms with van der Waals surface area (Å²) in [6.45, 7) is 4.30. The number of rotatable bonds is 3. The van der Waals surface area contributed by atoms with Crippen LogP contribution in [-0.2, 0) is 0 Å². The number of nitrogens with one attached hydrogen (secondary N) is 2. The lowest BCUT2D eigenvalue weighted by atomic mass is 10.0. The molecule has 0 saturated heterocycles. The molecule has 1 amide bonds. The zero-order valence-electron chi connectivity index (χ0n) is 12.1. The Morgan fingerprint density at radius 2 is 2.05 bits per heavy atom. The van der Waals surface area contributed by atoms with Gasteiger partial charge in [-0.3, -0.25) is 4.79 Å². The molecule has 4 nitrogen and oxygen atoms in total. The molecule has 3 aromatic rings. The summed E-state index contributed by atoms with van der Waals surface area (Å²) in [5, 5.41) is 3.81. The van der Waals surface area contributed by atoms with E-state index in [-0.39, 0.29) is 5.91 Å². The minimum atomic E-state index is -0.184. The van der Waals surface area contributed by atoms with E-state index in [9.17, 15) is 4.79 Å². The van der Waals surface area contributed by atoms with Crippen molar-refractivity contribution in [2.24, 2.45) is 0 Å². The summed E-state index contributed by atoms with van der Waals surface area (Å²) in [4.78, 5) is 19.5. The number of hydrogen-bond acceptors (Lipinski definition) is 2. The number of carbonyl (C=O) groups is 1. The lowest BCUT2D eigenvalue weighted by Gasteiger charge is -2.04. The first-order chi connectivity index (χ1) is 10.1. The molecule has 0 unspecified atom stereocenters. The van der Waals surface area contributed by atoms with Gasteiger partial charge in [0.05, 0.1) is 0 Å². The number of anilines is 1. The predicted octanol–water partition coefficient (Wildman–Crippen LogP) is 3.94. The maximum Gasteiger partial charge on any atom is 0.273 e. The first kappa shape index (κ1) is 13.4. The van der Waals surface area contributed by atoms with E-state index in [0.717, 1.165) is 10.9 Å². The van der Waals surface area contributed by atoms with Crippen molar-refractivity contribution in [3.05, 3.63) is 59.9 Å². The molecule has 0 atom stereocenters. The molecular formula is C17H17N3O. The minimum Gasteiger partial charge on any atom is -0.351 e. The minimum absolute atomic E-state index is 0.184. The SMILES string of the molecule is CC(C)c1ccc2cc(C(=O)Nc3ccccn3)[nH]c2c1. The zero-order valence-corrected chi connectivity index (χ0v) is 12.1. The van der Waals surface area contributed by atoms with E-state index in [1.54, 1.807) is 12.3 Å². The van der Waals surface area contributed by atoms with Crippen LogP contribution in [0.15, 0.2) is 48.7 Å². The van der Waals surface area contributed by atoms with Crippen molar-refractivity contribution >= 4 is 22.6 Å². The highest BCUT2D eigenvalue weighted by Crippen LogP contribution is 2.22. The van der Waals surface area contributed by atoms with Gasteiger partial charge < -0.3 is 10.3 Å². The van der Waals surface area contributed by atoms with Gasteiger partial charge in [0.25, 0.3) is 5.91 Å². The Hall–Kier alpha value is -2.62. The van der Waals surface area contributed by atoms with Gasteiger partial charge >= 0.3 is 0 Å². The second kappa shape index (κ2) is 5.40. The monoisotopic (exact) mass is 279 g/mol. The van der Waals surface area contributed by atoms with Crippen LogP contribution in [0.3, 0.4) is 0 Å². The number of nitrogens with zero attached hydrogens (tertiary/aromatic N) is 1. The van der Waals surface area contributed by atoms with E-state index in [4.69, 9.17) is 0 Å². The molecule has 0 aliphatic carbocycles. The lowest BCUT2D eigenvalue weighted by molar-refractivity contribution is 0.102. The number of fused-ring (bicyclic) bond motifs is 1. The molecule has 0 fully saturated rings. The number of hydrogen-bond donors (Lipinski definition) is 2.